The van der Waals surface area contributed by atoms with Crippen LogP contribution in [0.5, 0.6) is 0 Å². The summed E-state index contributed by atoms with van der Waals surface area (Å²) in [5.41, 5.74) is 0. The monoisotopic (exact) mass is 281 g/mol. The maximum Gasteiger partial charge on any atom is 0.381 e. The third-order valence-corrected chi connectivity index (χ3v) is 3.54. The van der Waals surface area contributed by atoms with Crippen LogP contribution in [0.3, 0.4) is 0 Å². The van der Waals surface area contributed by atoms with Gasteiger partial charge in [0, 0.05) is 45.6 Å². The quantitative estimate of drug-likeness (QED) is 0.633. The molecular weight excluding hydrogens is 262 g/mol. The summed E-state index contributed by atoms with van der Waals surface area (Å²) in [7, 11) is 0. The molecule has 1 N–H and O–H groups in total. The van der Waals surface area contributed by atoms with Gasteiger partial charge in [0.05, 0.1) is 0 Å². The molecule has 110 valence electrons. The number of carbonyl (C=O) groups is 1. The summed E-state index contributed by atoms with van der Waals surface area (Å²) >= 11 is 0. The molecule has 2 rings (SSSR count). The van der Waals surface area contributed by atoms with Crippen LogP contribution in [0.4, 0.5) is 5.82 Å². The summed E-state index contributed by atoms with van der Waals surface area (Å²) in [4.78, 5) is 28.0. The topological polar surface area (TPSA) is 93.3 Å². The van der Waals surface area contributed by atoms with E-state index in [1.165, 1.54) is 6.20 Å². The van der Waals surface area contributed by atoms with E-state index in [2.05, 4.69) is 10.3 Å². The van der Waals surface area contributed by atoms with Crippen LogP contribution in [-0.2, 0) is 11.3 Å². The highest BCUT2D eigenvalue weighted by atomic mass is 16.6. The van der Waals surface area contributed by atoms with Crippen molar-refractivity contribution in [3.63, 3.8) is 0 Å². The van der Waals surface area contributed by atoms with Gasteiger partial charge in [-0.2, -0.15) is 0 Å². The van der Waals surface area contributed by atoms with E-state index in [0.717, 1.165) is 13.1 Å². The Morgan fingerprint density at radius 3 is 3.00 bits per heavy atom. The van der Waals surface area contributed by atoms with Crippen LogP contribution < -0.4 is 5.32 Å². The number of nitrogens with zero attached hydrogens (tertiary/aromatic N) is 4. The molecule has 0 aromatic carbocycles. The predicted molar refractivity (Wildman–Crippen MR) is 72.3 cm³/mol. The lowest BCUT2D eigenvalue weighted by molar-refractivity contribution is -0.389. The standard InChI is InChI=1S/C12H19N5O3/c1-9-7-13-4-6-16(9)12(18)3-5-15-8-11(17(19)20)14-10(15)2/h8-9,13H,3-7H2,1-2H3/t9-/m0/s1. The molecule has 0 aliphatic carbocycles. The van der Waals surface area contributed by atoms with E-state index >= 15 is 0 Å². The second kappa shape index (κ2) is 6.00. The molecule has 0 saturated carbocycles. The average molecular weight is 281 g/mol. The lowest BCUT2D eigenvalue weighted by Crippen LogP contribution is -2.52. The zero-order valence-electron chi connectivity index (χ0n) is 11.7. The Morgan fingerprint density at radius 1 is 1.65 bits per heavy atom. The van der Waals surface area contributed by atoms with Crippen molar-refractivity contribution in [2.24, 2.45) is 0 Å². The van der Waals surface area contributed by atoms with Gasteiger partial charge < -0.3 is 24.9 Å². The van der Waals surface area contributed by atoms with E-state index in [9.17, 15) is 14.9 Å². The fraction of sp³-hybridized carbons (Fsp3) is 0.667. The van der Waals surface area contributed by atoms with Crippen LogP contribution in [0, 0.1) is 17.0 Å². The molecule has 2 heterocycles. The molecular formula is C12H19N5O3. The van der Waals surface area contributed by atoms with Gasteiger partial charge >= 0.3 is 5.82 Å². The number of hydrogen-bond acceptors (Lipinski definition) is 5. The molecule has 20 heavy (non-hydrogen) atoms. The van der Waals surface area contributed by atoms with Crippen LogP contribution in [0.25, 0.3) is 0 Å². The Morgan fingerprint density at radius 2 is 2.40 bits per heavy atom. The summed E-state index contributed by atoms with van der Waals surface area (Å²) in [6.45, 7) is 6.46. The fourth-order valence-corrected chi connectivity index (χ4v) is 2.38. The third kappa shape index (κ3) is 3.13. The number of aromatic nitrogens is 2. The highest BCUT2D eigenvalue weighted by Gasteiger charge is 2.23. The molecule has 1 atom stereocenters. The first kappa shape index (κ1) is 14.4. The highest BCUT2D eigenvalue weighted by molar-refractivity contribution is 5.76. The van der Waals surface area contributed by atoms with E-state index in [0.29, 0.717) is 25.3 Å². The summed E-state index contributed by atoms with van der Waals surface area (Å²) < 4.78 is 1.66. The zero-order chi connectivity index (χ0) is 14.7. The molecule has 0 radical (unpaired) electrons. The number of piperazine rings is 1. The number of nitrogens with one attached hydrogen (secondary N) is 1. The second-order valence-corrected chi connectivity index (χ2v) is 4.99. The number of hydrogen-bond donors (Lipinski definition) is 1. The van der Waals surface area contributed by atoms with Crippen LogP contribution in [0.1, 0.15) is 19.2 Å². The Labute approximate surface area is 116 Å². The summed E-state index contributed by atoms with van der Waals surface area (Å²) in [5, 5.41) is 13.9. The van der Waals surface area contributed by atoms with Gasteiger partial charge in [0.2, 0.25) is 11.7 Å². The minimum atomic E-state index is -0.524. The number of nitro groups is 1. The molecule has 8 heteroatoms. The van der Waals surface area contributed by atoms with Crippen molar-refractivity contribution in [2.75, 3.05) is 19.6 Å². The first-order valence-corrected chi connectivity index (χ1v) is 6.67. The van der Waals surface area contributed by atoms with E-state index in [1.54, 1.807) is 11.5 Å². The van der Waals surface area contributed by atoms with Crippen molar-refractivity contribution in [1.29, 1.82) is 0 Å². The van der Waals surface area contributed by atoms with E-state index < -0.39 is 4.92 Å². The lowest BCUT2D eigenvalue weighted by atomic mass is 10.2. The van der Waals surface area contributed by atoms with Crippen LogP contribution in [-0.4, -0.2) is 51.0 Å². The number of rotatable bonds is 4. The second-order valence-electron chi connectivity index (χ2n) is 4.99. The molecule has 1 fully saturated rings. The van der Waals surface area contributed by atoms with Gasteiger partial charge in [-0.25, -0.2) is 0 Å². The van der Waals surface area contributed by atoms with Crippen LogP contribution in [0.15, 0.2) is 6.20 Å². The Kier molecular flexibility index (Phi) is 4.33. The lowest BCUT2D eigenvalue weighted by Gasteiger charge is -2.34. The first-order valence-electron chi connectivity index (χ1n) is 6.67. The average Bonchev–Trinajstić information content (AvgIpc) is 2.78. The molecule has 1 aliphatic rings. The molecule has 1 aromatic rings. The molecule has 0 spiro atoms. The minimum Gasteiger partial charge on any atom is -0.358 e. The highest BCUT2D eigenvalue weighted by Crippen LogP contribution is 2.12. The Balaban J connectivity index is 1.94. The van der Waals surface area contributed by atoms with Crippen molar-refractivity contribution in [3.05, 3.63) is 22.1 Å². The molecule has 1 aromatic heterocycles. The van der Waals surface area contributed by atoms with E-state index in [4.69, 9.17) is 0 Å². The maximum atomic E-state index is 12.2. The summed E-state index contributed by atoms with van der Waals surface area (Å²) in [5.74, 6) is 0.457. The van der Waals surface area contributed by atoms with Gasteiger partial charge in [-0.3, -0.25) is 4.79 Å². The van der Waals surface area contributed by atoms with Crippen molar-refractivity contribution >= 4 is 11.7 Å². The van der Waals surface area contributed by atoms with Crippen LogP contribution in [0.2, 0.25) is 0 Å². The number of imidazole rings is 1. The van der Waals surface area contributed by atoms with Crippen molar-refractivity contribution in [1.82, 2.24) is 19.8 Å². The molecule has 8 nitrogen and oxygen atoms in total. The van der Waals surface area contributed by atoms with Crippen molar-refractivity contribution < 1.29 is 9.72 Å². The Hall–Kier alpha value is -1.96. The fourth-order valence-electron chi connectivity index (χ4n) is 2.38. The maximum absolute atomic E-state index is 12.2. The van der Waals surface area contributed by atoms with Gasteiger partial charge in [-0.1, -0.05) is 0 Å². The summed E-state index contributed by atoms with van der Waals surface area (Å²) in [6.07, 6.45) is 1.71. The molecule has 0 unspecified atom stereocenters. The molecule has 0 bridgehead atoms. The van der Waals surface area contributed by atoms with Gasteiger partial charge in [0.15, 0.2) is 0 Å². The molecule has 1 amide bonds. The normalized spacial score (nSPS) is 19.1. The zero-order valence-corrected chi connectivity index (χ0v) is 11.7. The SMILES string of the molecule is Cc1nc([N+](=O)[O-])cn1CCC(=O)N1CCNC[C@@H]1C. The van der Waals surface area contributed by atoms with Crippen LogP contribution >= 0.6 is 0 Å². The first-order chi connectivity index (χ1) is 9.49. The van der Waals surface area contributed by atoms with E-state index in [1.807, 2.05) is 11.8 Å². The van der Waals surface area contributed by atoms with Gasteiger partial charge in [-0.05, 0) is 16.8 Å². The largest absolute Gasteiger partial charge is 0.381 e. The van der Waals surface area contributed by atoms with Gasteiger partial charge in [0.1, 0.15) is 6.20 Å². The van der Waals surface area contributed by atoms with Crippen molar-refractivity contribution in [3.8, 4) is 0 Å². The predicted octanol–water partition coefficient (Wildman–Crippen LogP) is 0.310. The minimum absolute atomic E-state index is 0.0785. The number of aryl methyl sites for hydroxylation is 2. The number of carbonyl (C=O) groups excluding carboxylic acids is 1. The van der Waals surface area contributed by atoms with E-state index in [-0.39, 0.29) is 17.8 Å². The van der Waals surface area contributed by atoms with Gasteiger partial charge in [-0.15, -0.1) is 0 Å². The molecule has 1 saturated heterocycles. The molecule has 1 aliphatic heterocycles. The summed E-state index contributed by atoms with van der Waals surface area (Å²) in [6, 6.07) is 0.189. The Bertz CT molecular complexity index is 513. The number of amides is 1. The van der Waals surface area contributed by atoms with Gasteiger partial charge in [0.25, 0.3) is 0 Å². The third-order valence-electron chi connectivity index (χ3n) is 3.54. The van der Waals surface area contributed by atoms with Crippen molar-refractivity contribution in [2.45, 2.75) is 32.9 Å². The smallest absolute Gasteiger partial charge is 0.358 e.